The monoisotopic (exact) mass is 335 g/mol. The summed E-state index contributed by atoms with van der Waals surface area (Å²) in [7, 11) is 1.73. The topological polar surface area (TPSA) is 61.4 Å². The zero-order chi connectivity index (χ0) is 17.4. The van der Waals surface area contributed by atoms with Gasteiger partial charge in [0.25, 0.3) is 0 Å². The smallest absolute Gasteiger partial charge is 0.311 e. The number of urea groups is 1. The molecular weight excluding hydrogens is 314 g/mol. The van der Waals surface area contributed by atoms with E-state index in [4.69, 9.17) is 0 Å². The van der Waals surface area contributed by atoms with E-state index >= 15 is 0 Å². The van der Waals surface area contributed by atoms with Crippen molar-refractivity contribution in [3.63, 3.8) is 0 Å². The van der Waals surface area contributed by atoms with E-state index in [1.807, 2.05) is 18.2 Å². The van der Waals surface area contributed by atoms with Crippen molar-refractivity contribution in [3.8, 4) is 11.1 Å². The van der Waals surface area contributed by atoms with E-state index < -0.39 is 0 Å². The maximum atomic E-state index is 12.5. The van der Waals surface area contributed by atoms with Gasteiger partial charge in [-0.1, -0.05) is 54.6 Å². The summed E-state index contributed by atoms with van der Waals surface area (Å²) in [6.45, 7) is 0.789. The highest BCUT2D eigenvalue weighted by molar-refractivity contribution is 5.99. The zero-order valence-electron chi connectivity index (χ0n) is 14.1. The first-order chi connectivity index (χ1) is 12.1. The molecule has 0 spiro atoms. The van der Waals surface area contributed by atoms with Gasteiger partial charge in [0, 0.05) is 13.0 Å². The van der Waals surface area contributed by atoms with E-state index in [9.17, 15) is 9.59 Å². The van der Waals surface area contributed by atoms with Crippen molar-refractivity contribution in [1.29, 1.82) is 0 Å². The summed E-state index contributed by atoms with van der Waals surface area (Å²) < 4.78 is 0. The lowest BCUT2D eigenvalue weighted by molar-refractivity contribution is -0.130. The number of nitrogens with zero attached hydrogens (tertiary/aromatic N) is 1. The Kier molecular flexibility index (Phi) is 4.01. The van der Waals surface area contributed by atoms with Crippen LogP contribution in [0.1, 0.15) is 17.9 Å². The van der Waals surface area contributed by atoms with Crippen molar-refractivity contribution >= 4 is 11.9 Å². The summed E-state index contributed by atoms with van der Waals surface area (Å²) in [5, 5.41) is 5.79. The minimum Gasteiger partial charge on any atom is -0.311 e. The van der Waals surface area contributed by atoms with Gasteiger partial charge < -0.3 is 4.90 Å². The molecule has 0 saturated carbocycles. The molecule has 5 heteroatoms. The molecule has 2 aliphatic rings. The molecule has 3 atom stereocenters. The number of imide groups is 1. The van der Waals surface area contributed by atoms with Crippen LogP contribution in [0.3, 0.4) is 0 Å². The third-order valence-corrected chi connectivity index (χ3v) is 5.30. The van der Waals surface area contributed by atoms with Crippen molar-refractivity contribution in [2.24, 2.45) is 5.92 Å². The fourth-order valence-corrected chi connectivity index (χ4v) is 3.95. The minimum absolute atomic E-state index is 0.103. The fourth-order valence-electron chi connectivity index (χ4n) is 3.95. The lowest BCUT2D eigenvalue weighted by atomic mass is 9.77. The van der Waals surface area contributed by atoms with E-state index in [0.717, 1.165) is 24.1 Å². The molecule has 128 valence electrons. The van der Waals surface area contributed by atoms with Crippen LogP contribution in [-0.2, 0) is 4.79 Å². The highest BCUT2D eigenvalue weighted by atomic mass is 16.2. The quantitative estimate of drug-likeness (QED) is 0.887. The van der Waals surface area contributed by atoms with Gasteiger partial charge in [-0.15, -0.1) is 0 Å². The van der Waals surface area contributed by atoms with Crippen LogP contribution in [0, 0.1) is 5.92 Å². The molecule has 2 heterocycles. The van der Waals surface area contributed by atoms with Crippen LogP contribution in [-0.4, -0.2) is 36.6 Å². The molecule has 0 radical (unpaired) electrons. The number of fused-ring (bicyclic) bond motifs is 1. The van der Waals surface area contributed by atoms with Crippen molar-refractivity contribution < 1.29 is 9.59 Å². The van der Waals surface area contributed by atoms with E-state index in [1.165, 1.54) is 5.56 Å². The molecular formula is C20H21N3O2. The molecule has 25 heavy (non-hydrogen) atoms. The van der Waals surface area contributed by atoms with Gasteiger partial charge in [0.2, 0.25) is 5.91 Å². The number of hydrogen-bond acceptors (Lipinski definition) is 3. The fraction of sp³-hybridized carbons (Fsp3) is 0.300. The van der Waals surface area contributed by atoms with Gasteiger partial charge >= 0.3 is 6.03 Å². The minimum atomic E-state index is -0.334. The number of carbonyl (C=O) groups excluding carboxylic acids is 2. The summed E-state index contributed by atoms with van der Waals surface area (Å²) >= 11 is 0. The molecule has 0 bridgehead atoms. The SMILES string of the molecule is CN1C(=O)NC(=O)C2C(c3ccc(-c4ccccc4)cc3)CCNC21. The first-order valence-electron chi connectivity index (χ1n) is 8.61. The summed E-state index contributed by atoms with van der Waals surface area (Å²) in [6, 6.07) is 18.3. The molecule has 3 unspecified atom stereocenters. The number of benzene rings is 2. The highest BCUT2D eigenvalue weighted by Crippen LogP contribution is 2.36. The molecule has 2 aromatic carbocycles. The zero-order valence-corrected chi connectivity index (χ0v) is 14.1. The van der Waals surface area contributed by atoms with Crippen LogP contribution in [0.2, 0.25) is 0 Å². The summed E-state index contributed by atoms with van der Waals surface area (Å²) in [4.78, 5) is 25.9. The lowest BCUT2D eigenvalue weighted by Crippen LogP contribution is -2.66. The average molecular weight is 335 g/mol. The van der Waals surface area contributed by atoms with Gasteiger partial charge in [-0.2, -0.15) is 0 Å². The molecule has 5 nitrogen and oxygen atoms in total. The van der Waals surface area contributed by atoms with Crippen LogP contribution >= 0.6 is 0 Å². The second-order valence-electron chi connectivity index (χ2n) is 6.71. The summed E-state index contributed by atoms with van der Waals surface area (Å²) in [5.74, 6) is -0.344. The number of nitrogens with one attached hydrogen (secondary N) is 2. The molecule has 4 rings (SSSR count). The summed E-state index contributed by atoms with van der Waals surface area (Å²) in [6.07, 6.45) is 0.634. The molecule has 2 saturated heterocycles. The standard InChI is InChI=1S/C20H21N3O2/c1-23-18-17(19(24)22-20(23)25)16(11-12-21-18)15-9-7-14(8-10-15)13-5-3-2-4-6-13/h2-10,16-18,21H,11-12H2,1H3,(H,22,24,25). The molecule has 0 aromatic heterocycles. The number of carbonyl (C=O) groups is 2. The van der Waals surface area contributed by atoms with E-state index in [1.54, 1.807) is 11.9 Å². The lowest BCUT2D eigenvalue weighted by Gasteiger charge is -2.45. The Morgan fingerprint density at radius 1 is 0.960 bits per heavy atom. The van der Waals surface area contributed by atoms with Crippen LogP contribution in [0.25, 0.3) is 11.1 Å². The maximum absolute atomic E-state index is 12.5. The normalized spacial score (nSPS) is 26.1. The van der Waals surface area contributed by atoms with E-state index in [-0.39, 0.29) is 29.9 Å². The van der Waals surface area contributed by atoms with Crippen LogP contribution < -0.4 is 10.6 Å². The molecule has 2 fully saturated rings. The Morgan fingerprint density at radius 3 is 2.36 bits per heavy atom. The van der Waals surface area contributed by atoms with Gasteiger partial charge in [0.1, 0.15) is 0 Å². The highest BCUT2D eigenvalue weighted by Gasteiger charge is 2.46. The van der Waals surface area contributed by atoms with Gasteiger partial charge in [0.15, 0.2) is 0 Å². The van der Waals surface area contributed by atoms with Crippen molar-refractivity contribution in [3.05, 3.63) is 60.2 Å². The van der Waals surface area contributed by atoms with Gasteiger partial charge in [0.05, 0.1) is 12.1 Å². The second kappa shape index (κ2) is 6.33. The molecule has 0 aliphatic carbocycles. The third kappa shape index (κ3) is 2.81. The first-order valence-corrected chi connectivity index (χ1v) is 8.61. The first kappa shape index (κ1) is 15.8. The van der Waals surface area contributed by atoms with Crippen molar-refractivity contribution in [1.82, 2.24) is 15.5 Å². The second-order valence-corrected chi connectivity index (χ2v) is 6.71. The average Bonchev–Trinajstić information content (AvgIpc) is 2.66. The predicted octanol–water partition coefficient (Wildman–Crippen LogP) is 2.55. The molecule has 3 amide bonds. The van der Waals surface area contributed by atoms with Gasteiger partial charge in [-0.25, -0.2) is 4.79 Å². The van der Waals surface area contributed by atoms with Crippen LogP contribution in [0.4, 0.5) is 4.79 Å². The van der Waals surface area contributed by atoms with E-state index in [2.05, 4.69) is 47.0 Å². The number of hydrogen-bond donors (Lipinski definition) is 2. The predicted molar refractivity (Wildman–Crippen MR) is 95.8 cm³/mol. The van der Waals surface area contributed by atoms with E-state index in [0.29, 0.717) is 0 Å². The Labute approximate surface area is 147 Å². The number of piperidine rings is 1. The third-order valence-electron chi connectivity index (χ3n) is 5.30. The Balaban J connectivity index is 1.62. The Bertz CT molecular complexity index is 788. The van der Waals surface area contributed by atoms with Gasteiger partial charge in [-0.3, -0.25) is 15.4 Å². The molecule has 2 N–H and O–H groups in total. The Hall–Kier alpha value is -2.66. The Morgan fingerprint density at radius 2 is 1.64 bits per heavy atom. The van der Waals surface area contributed by atoms with Crippen molar-refractivity contribution in [2.45, 2.75) is 18.5 Å². The number of amides is 3. The summed E-state index contributed by atoms with van der Waals surface area (Å²) in [5.41, 5.74) is 3.49. The van der Waals surface area contributed by atoms with Crippen LogP contribution in [0.5, 0.6) is 0 Å². The largest absolute Gasteiger partial charge is 0.325 e. The molecule has 2 aliphatic heterocycles. The van der Waals surface area contributed by atoms with Crippen LogP contribution in [0.15, 0.2) is 54.6 Å². The van der Waals surface area contributed by atoms with Crippen molar-refractivity contribution in [2.75, 3.05) is 13.6 Å². The molecule has 2 aromatic rings. The van der Waals surface area contributed by atoms with Gasteiger partial charge in [-0.05, 0) is 29.7 Å². The number of rotatable bonds is 2. The maximum Gasteiger partial charge on any atom is 0.325 e.